The highest BCUT2D eigenvalue weighted by atomic mass is 16.2. The van der Waals surface area contributed by atoms with Crippen LogP contribution in [0.2, 0.25) is 0 Å². The molecule has 1 aliphatic carbocycles. The van der Waals surface area contributed by atoms with Crippen LogP contribution in [0.5, 0.6) is 0 Å². The molecule has 25 heavy (non-hydrogen) atoms. The average molecular weight is 340 g/mol. The number of aryl methyl sites for hydroxylation is 1. The number of nitrogens with one attached hydrogen (secondary N) is 1. The third kappa shape index (κ3) is 3.24. The van der Waals surface area contributed by atoms with Crippen molar-refractivity contribution in [3.8, 4) is 0 Å². The minimum absolute atomic E-state index is 0.0683. The summed E-state index contributed by atoms with van der Waals surface area (Å²) >= 11 is 0. The Labute approximate surface area is 150 Å². The highest BCUT2D eigenvalue weighted by Crippen LogP contribution is 2.59. The summed E-state index contributed by atoms with van der Waals surface area (Å²) in [5.74, 6) is 0.911. The summed E-state index contributed by atoms with van der Waals surface area (Å²) < 4.78 is 0. The van der Waals surface area contributed by atoms with Gasteiger partial charge < -0.3 is 10.2 Å². The summed E-state index contributed by atoms with van der Waals surface area (Å²) in [7, 11) is 0. The second kappa shape index (κ2) is 6.56. The van der Waals surface area contributed by atoms with E-state index in [0.29, 0.717) is 11.3 Å². The maximum atomic E-state index is 12.8. The van der Waals surface area contributed by atoms with Crippen LogP contribution in [-0.2, 0) is 4.79 Å². The molecule has 2 heterocycles. The largest absolute Gasteiger partial charge is 0.342 e. The van der Waals surface area contributed by atoms with Crippen LogP contribution in [0.1, 0.15) is 48.0 Å². The van der Waals surface area contributed by atoms with Gasteiger partial charge in [0.1, 0.15) is 0 Å². The van der Waals surface area contributed by atoms with E-state index in [9.17, 15) is 9.59 Å². The number of hydrogen-bond donors (Lipinski definition) is 1. The van der Waals surface area contributed by atoms with Gasteiger partial charge in [-0.25, -0.2) is 0 Å². The predicted molar refractivity (Wildman–Crippen MR) is 97.5 cm³/mol. The van der Waals surface area contributed by atoms with Gasteiger partial charge in [-0.1, -0.05) is 29.8 Å². The van der Waals surface area contributed by atoms with Crippen molar-refractivity contribution in [1.29, 1.82) is 0 Å². The second-order valence-electron chi connectivity index (χ2n) is 8.20. The van der Waals surface area contributed by atoms with Crippen molar-refractivity contribution in [2.24, 2.45) is 17.3 Å². The third-order valence-corrected chi connectivity index (χ3v) is 6.60. The summed E-state index contributed by atoms with van der Waals surface area (Å²) in [6, 6.07) is 7.86. The van der Waals surface area contributed by atoms with Crippen LogP contribution >= 0.6 is 0 Å². The molecule has 3 fully saturated rings. The van der Waals surface area contributed by atoms with Crippen molar-refractivity contribution in [1.82, 2.24) is 10.2 Å². The Morgan fingerprint density at radius 2 is 1.72 bits per heavy atom. The number of Topliss-reactive ketones (excluding diaryl/α,β-unsaturated/α-hetero) is 1. The normalized spacial score (nSPS) is 25.8. The number of benzene rings is 1. The second-order valence-corrected chi connectivity index (χ2v) is 8.20. The van der Waals surface area contributed by atoms with Crippen LogP contribution in [0.15, 0.2) is 24.3 Å². The molecule has 2 saturated heterocycles. The highest BCUT2D eigenvalue weighted by Gasteiger charge is 2.58. The molecule has 4 rings (SSSR count). The van der Waals surface area contributed by atoms with E-state index < -0.39 is 0 Å². The SMILES string of the molecule is Cc1ccc(C(=O)C2CCN(C(=O)C3CC34CCNCC4)CC2)cc1. The Morgan fingerprint density at radius 1 is 1.08 bits per heavy atom. The van der Waals surface area contributed by atoms with Gasteiger partial charge in [-0.05, 0) is 57.5 Å². The molecule has 0 bridgehead atoms. The Balaban J connectivity index is 1.32. The molecule has 1 unspecified atom stereocenters. The molecule has 4 nitrogen and oxygen atoms in total. The molecule has 4 heteroatoms. The van der Waals surface area contributed by atoms with E-state index in [1.165, 1.54) is 5.56 Å². The molecule has 1 saturated carbocycles. The molecule has 134 valence electrons. The van der Waals surface area contributed by atoms with E-state index >= 15 is 0 Å². The average Bonchev–Trinajstić information content (AvgIpc) is 3.34. The minimum Gasteiger partial charge on any atom is -0.342 e. The molecule has 1 amide bonds. The number of nitrogens with zero attached hydrogens (tertiary/aromatic N) is 1. The number of ketones is 1. The van der Waals surface area contributed by atoms with E-state index in [1.807, 2.05) is 36.1 Å². The Morgan fingerprint density at radius 3 is 2.36 bits per heavy atom. The number of carbonyl (C=O) groups is 2. The zero-order valence-corrected chi connectivity index (χ0v) is 15.1. The van der Waals surface area contributed by atoms with Gasteiger partial charge in [0.2, 0.25) is 5.91 Å². The molecule has 0 aromatic heterocycles. The fourth-order valence-corrected chi connectivity index (χ4v) is 4.71. The number of likely N-dealkylation sites (tertiary alicyclic amines) is 1. The molecular formula is C21H28N2O2. The molecule has 1 N–H and O–H groups in total. The summed E-state index contributed by atoms with van der Waals surface area (Å²) in [5, 5.41) is 3.39. The third-order valence-electron chi connectivity index (χ3n) is 6.60. The monoisotopic (exact) mass is 340 g/mol. The number of piperidine rings is 2. The van der Waals surface area contributed by atoms with Crippen LogP contribution < -0.4 is 5.32 Å². The number of amides is 1. The topological polar surface area (TPSA) is 49.4 Å². The van der Waals surface area contributed by atoms with Crippen LogP contribution in [0.4, 0.5) is 0 Å². The molecule has 1 aromatic carbocycles. The first kappa shape index (κ1) is 16.8. The number of hydrogen-bond acceptors (Lipinski definition) is 3. The van der Waals surface area contributed by atoms with Crippen molar-refractivity contribution in [2.75, 3.05) is 26.2 Å². The Kier molecular flexibility index (Phi) is 4.40. The molecule has 3 aliphatic rings. The maximum absolute atomic E-state index is 12.8. The number of rotatable bonds is 3. The van der Waals surface area contributed by atoms with Crippen molar-refractivity contribution >= 4 is 11.7 Å². The smallest absolute Gasteiger partial charge is 0.226 e. The molecular weight excluding hydrogens is 312 g/mol. The summed E-state index contributed by atoms with van der Waals surface area (Å²) in [6.45, 7) is 5.62. The molecule has 1 spiro atoms. The number of carbonyl (C=O) groups excluding carboxylic acids is 2. The molecule has 0 radical (unpaired) electrons. The molecule has 2 aliphatic heterocycles. The van der Waals surface area contributed by atoms with E-state index in [4.69, 9.17) is 0 Å². The van der Waals surface area contributed by atoms with Gasteiger partial charge in [-0.3, -0.25) is 9.59 Å². The zero-order chi connectivity index (χ0) is 17.4. The fraction of sp³-hybridized carbons (Fsp3) is 0.619. The van der Waals surface area contributed by atoms with Gasteiger partial charge in [-0.2, -0.15) is 0 Å². The lowest BCUT2D eigenvalue weighted by Crippen LogP contribution is -2.42. The lowest BCUT2D eigenvalue weighted by Gasteiger charge is -2.33. The van der Waals surface area contributed by atoms with Crippen LogP contribution in [0.25, 0.3) is 0 Å². The van der Waals surface area contributed by atoms with Crippen LogP contribution in [0.3, 0.4) is 0 Å². The van der Waals surface area contributed by atoms with E-state index in [2.05, 4.69) is 5.32 Å². The fourth-order valence-electron chi connectivity index (χ4n) is 4.71. The van der Waals surface area contributed by atoms with Crippen LogP contribution in [0, 0.1) is 24.2 Å². The summed E-state index contributed by atoms with van der Waals surface area (Å²) in [6.07, 6.45) is 4.98. The van der Waals surface area contributed by atoms with Gasteiger partial charge in [0.05, 0.1) is 0 Å². The van der Waals surface area contributed by atoms with Crippen molar-refractivity contribution in [2.45, 2.75) is 39.0 Å². The molecule has 1 atom stereocenters. The summed E-state index contributed by atoms with van der Waals surface area (Å²) in [5.41, 5.74) is 2.29. The van der Waals surface area contributed by atoms with Gasteiger partial charge in [0.25, 0.3) is 0 Å². The Hall–Kier alpha value is -1.68. The lowest BCUT2D eigenvalue weighted by molar-refractivity contribution is -0.134. The first-order chi connectivity index (χ1) is 12.1. The lowest BCUT2D eigenvalue weighted by atomic mass is 9.88. The van der Waals surface area contributed by atoms with Crippen molar-refractivity contribution in [3.63, 3.8) is 0 Å². The van der Waals surface area contributed by atoms with E-state index in [0.717, 1.165) is 63.8 Å². The highest BCUT2D eigenvalue weighted by molar-refractivity contribution is 5.98. The van der Waals surface area contributed by atoms with Gasteiger partial charge in [0.15, 0.2) is 5.78 Å². The van der Waals surface area contributed by atoms with Gasteiger partial charge in [-0.15, -0.1) is 0 Å². The van der Waals surface area contributed by atoms with Crippen molar-refractivity contribution < 1.29 is 9.59 Å². The maximum Gasteiger partial charge on any atom is 0.226 e. The van der Waals surface area contributed by atoms with Crippen LogP contribution in [-0.4, -0.2) is 42.8 Å². The predicted octanol–water partition coefficient (Wildman–Crippen LogP) is 2.81. The first-order valence-corrected chi connectivity index (χ1v) is 9.69. The van der Waals surface area contributed by atoms with E-state index in [-0.39, 0.29) is 17.6 Å². The Bertz CT molecular complexity index is 653. The summed E-state index contributed by atoms with van der Waals surface area (Å²) in [4.78, 5) is 27.5. The zero-order valence-electron chi connectivity index (χ0n) is 15.1. The van der Waals surface area contributed by atoms with Gasteiger partial charge >= 0.3 is 0 Å². The quantitative estimate of drug-likeness (QED) is 0.861. The minimum atomic E-state index is 0.0683. The van der Waals surface area contributed by atoms with Gasteiger partial charge in [0, 0.05) is 30.5 Å². The van der Waals surface area contributed by atoms with Crippen molar-refractivity contribution in [3.05, 3.63) is 35.4 Å². The van der Waals surface area contributed by atoms with E-state index in [1.54, 1.807) is 0 Å². The standard InChI is InChI=1S/C21H28N2O2/c1-15-2-4-16(5-3-15)19(24)17-6-12-23(13-7-17)20(25)18-14-21(18)8-10-22-11-9-21/h2-5,17-18,22H,6-14H2,1H3. The molecule has 1 aromatic rings. The first-order valence-electron chi connectivity index (χ1n) is 9.69.